The molecule has 0 amide bonds. The zero-order valence-electron chi connectivity index (χ0n) is 12.3. The summed E-state index contributed by atoms with van der Waals surface area (Å²) in [6.07, 6.45) is 5.73. The second-order valence-corrected chi connectivity index (χ2v) is 6.82. The lowest BCUT2D eigenvalue weighted by molar-refractivity contribution is 0.143. The molecule has 1 saturated carbocycles. The monoisotopic (exact) mass is 240 g/mol. The van der Waals surface area contributed by atoms with Crippen molar-refractivity contribution < 1.29 is 0 Å². The molecule has 0 saturated heterocycles. The van der Waals surface area contributed by atoms with Gasteiger partial charge in [0, 0.05) is 13.1 Å². The topological polar surface area (TPSA) is 29.3 Å². The fourth-order valence-electron chi connectivity index (χ4n) is 2.85. The van der Waals surface area contributed by atoms with Crippen LogP contribution in [0.4, 0.5) is 0 Å². The Kier molecular flexibility index (Phi) is 5.94. The van der Waals surface area contributed by atoms with E-state index in [4.69, 9.17) is 5.73 Å². The number of nitrogens with two attached hydrogens (primary N) is 1. The van der Waals surface area contributed by atoms with Gasteiger partial charge in [-0.2, -0.15) is 0 Å². The largest absolute Gasteiger partial charge is 0.330 e. The van der Waals surface area contributed by atoms with Crippen molar-refractivity contribution in [1.29, 1.82) is 0 Å². The summed E-state index contributed by atoms with van der Waals surface area (Å²) in [5.41, 5.74) is 6.10. The van der Waals surface area contributed by atoms with Crippen LogP contribution in [-0.4, -0.2) is 31.1 Å². The van der Waals surface area contributed by atoms with Crippen LogP contribution < -0.4 is 5.73 Å². The molecule has 0 aromatic carbocycles. The van der Waals surface area contributed by atoms with Crippen LogP contribution in [0.5, 0.6) is 0 Å². The maximum absolute atomic E-state index is 5.83. The van der Waals surface area contributed by atoms with Gasteiger partial charge in [0.15, 0.2) is 0 Å². The molecule has 2 heteroatoms. The molecule has 0 atom stereocenters. The van der Waals surface area contributed by atoms with Gasteiger partial charge in [0.05, 0.1) is 0 Å². The Morgan fingerprint density at radius 3 is 2.24 bits per heavy atom. The molecule has 2 nitrogen and oxygen atoms in total. The first-order chi connectivity index (χ1) is 7.96. The zero-order chi connectivity index (χ0) is 12.9. The molecule has 2 N–H and O–H groups in total. The fraction of sp³-hybridized carbons (Fsp3) is 1.00. The Labute approximate surface area is 108 Å². The van der Waals surface area contributed by atoms with Crippen molar-refractivity contribution in [3.05, 3.63) is 0 Å². The lowest BCUT2D eigenvalue weighted by atomic mass is 9.82. The van der Waals surface area contributed by atoms with Gasteiger partial charge in [-0.15, -0.1) is 0 Å². The van der Waals surface area contributed by atoms with Crippen molar-refractivity contribution in [3.8, 4) is 0 Å². The first-order valence-electron chi connectivity index (χ1n) is 7.39. The third-order valence-corrected chi connectivity index (χ3v) is 4.30. The van der Waals surface area contributed by atoms with Crippen LogP contribution in [0.2, 0.25) is 0 Å². The second kappa shape index (κ2) is 6.75. The van der Waals surface area contributed by atoms with E-state index >= 15 is 0 Å². The maximum atomic E-state index is 5.83. The van der Waals surface area contributed by atoms with Gasteiger partial charge in [-0.3, -0.25) is 0 Å². The first kappa shape index (κ1) is 15.0. The third-order valence-electron chi connectivity index (χ3n) is 4.30. The highest BCUT2D eigenvalue weighted by Crippen LogP contribution is 2.29. The SMILES string of the molecule is CCN(CC1CCC(C)CC1)CC(C)(C)CN. The van der Waals surface area contributed by atoms with Gasteiger partial charge in [0.1, 0.15) is 0 Å². The van der Waals surface area contributed by atoms with Gasteiger partial charge < -0.3 is 10.6 Å². The van der Waals surface area contributed by atoms with Crippen LogP contribution in [0.3, 0.4) is 0 Å². The summed E-state index contributed by atoms with van der Waals surface area (Å²) in [7, 11) is 0. The van der Waals surface area contributed by atoms with Gasteiger partial charge >= 0.3 is 0 Å². The molecule has 0 bridgehead atoms. The molecular weight excluding hydrogens is 208 g/mol. The predicted octanol–water partition coefficient (Wildman–Crippen LogP) is 3.12. The van der Waals surface area contributed by atoms with E-state index in [2.05, 4.69) is 32.6 Å². The average molecular weight is 240 g/mol. The molecular formula is C15H32N2. The molecule has 17 heavy (non-hydrogen) atoms. The maximum Gasteiger partial charge on any atom is 0.00447 e. The molecule has 0 aromatic heterocycles. The molecule has 0 unspecified atom stereocenters. The lowest BCUT2D eigenvalue weighted by Crippen LogP contribution is -2.41. The van der Waals surface area contributed by atoms with Crippen LogP contribution in [0.1, 0.15) is 53.4 Å². The van der Waals surface area contributed by atoms with Crippen LogP contribution in [0, 0.1) is 17.3 Å². The second-order valence-electron chi connectivity index (χ2n) is 6.82. The van der Waals surface area contributed by atoms with Gasteiger partial charge in [-0.1, -0.05) is 40.5 Å². The van der Waals surface area contributed by atoms with E-state index < -0.39 is 0 Å². The van der Waals surface area contributed by atoms with Gasteiger partial charge in [-0.05, 0) is 43.2 Å². The standard InChI is InChI=1S/C15H32N2/c1-5-17(12-15(3,4)11-16)10-14-8-6-13(2)7-9-14/h13-14H,5-12,16H2,1-4H3. The summed E-state index contributed by atoms with van der Waals surface area (Å²) in [5.74, 6) is 1.89. The predicted molar refractivity (Wildman–Crippen MR) is 76.1 cm³/mol. The highest BCUT2D eigenvalue weighted by atomic mass is 15.1. The Morgan fingerprint density at radius 1 is 1.18 bits per heavy atom. The Bertz CT molecular complexity index is 205. The summed E-state index contributed by atoms with van der Waals surface area (Å²) < 4.78 is 0. The van der Waals surface area contributed by atoms with Crippen molar-refractivity contribution in [1.82, 2.24) is 4.90 Å². The lowest BCUT2D eigenvalue weighted by Gasteiger charge is -2.35. The summed E-state index contributed by atoms with van der Waals surface area (Å²) in [6, 6.07) is 0. The van der Waals surface area contributed by atoms with Crippen LogP contribution in [0.15, 0.2) is 0 Å². The van der Waals surface area contributed by atoms with Gasteiger partial charge in [-0.25, -0.2) is 0 Å². The minimum atomic E-state index is 0.262. The van der Waals surface area contributed by atoms with E-state index in [1.807, 2.05) is 0 Å². The molecule has 102 valence electrons. The number of hydrogen-bond donors (Lipinski definition) is 1. The van der Waals surface area contributed by atoms with Crippen LogP contribution in [-0.2, 0) is 0 Å². The Morgan fingerprint density at radius 2 is 1.76 bits per heavy atom. The fourth-order valence-corrected chi connectivity index (χ4v) is 2.85. The summed E-state index contributed by atoms with van der Waals surface area (Å²) in [5, 5.41) is 0. The van der Waals surface area contributed by atoms with E-state index in [1.54, 1.807) is 0 Å². The van der Waals surface area contributed by atoms with E-state index in [-0.39, 0.29) is 5.41 Å². The minimum Gasteiger partial charge on any atom is -0.330 e. The van der Waals surface area contributed by atoms with Crippen LogP contribution in [0.25, 0.3) is 0 Å². The quantitative estimate of drug-likeness (QED) is 0.773. The molecule has 0 aromatic rings. The normalized spacial score (nSPS) is 26.5. The van der Waals surface area contributed by atoms with Crippen LogP contribution >= 0.6 is 0 Å². The van der Waals surface area contributed by atoms with Crippen molar-refractivity contribution in [3.63, 3.8) is 0 Å². The highest BCUT2D eigenvalue weighted by Gasteiger charge is 2.24. The molecule has 0 radical (unpaired) electrons. The van der Waals surface area contributed by atoms with Crippen molar-refractivity contribution in [2.24, 2.45) is 23.0 Å². The highest BCUT2D eigenvalue weighted by molar-refractivity contribution is 4.78. The molecule has 0 spiro atoms. The average Bonchev–Trinajstić information content (AvgIpc) is 2.31. The first-order valence-corrected chi connectivity index (χ1v) is 7.39. The Balaban J connectivity index is 2.36. The van der Waals surface area contributed by atoms with Crippen molar-refractivity contribution in [2.45, 2.75) is 53.4 Å². The summed E-state index contributed by atoms with van der Waals surface area (Å²) >= 11 is 0. The molecule has 1 aliphatic carbocycles. The Hall–Kier alpha value is -0.0800. The molecule has 1 fully saturated rings. The zero-order valence-corrected chi connectivity index (χ0v) is 12.3. The van der Waals surface area contributed by atoms with E-state index in [0.717, 1.165) is 31.5 Å². The van der Waals surface area contributed by atoms with Crippen molar-refractivity contribution in [2.75, 3.05) is 26.2 Å². The third kappa shape index (κ3) is 5.39. The molecule has 0 heterocycles. The van der Waals surface area contributed by atoms with E-state index in [0.29, 0.717) is 0 Å². The number of hydrogen-bond acceptors (Lipinski definition) is 2. The summed E-state index contributed by atoms with van der Waals surface area (Å²) in [4.78, 5) is 2.60. The van der Waals surface area contributed by atoms with Gasteiger partial charge in [0.2, 0.25) is 0 Å². The minimum absolute atomic E-state index is 0.262. The number of rotatable bonds is 6. The number of nitrogens with zero attached hydrogens (tertiary/aromatic N) is 1. The van der Waals surface area contributed by atoms with E-state index in [1.165, 1.54) is 32.2 Å². The summed E-state index contributed by atoms with van der Waals surface area (Å²) in [6.45, 7) is 13.6. The molecule has 0 aliphatic heterocycles. The smallest absolute Gasteiger partial charge is 0.00447 e. The van der Waals surface area contributed by atoms with E-state index in [9.17, 15) is 0 Å². The van der Waals surface area contributed by atoms with Gasteiger partial charge in [0.25, 0.3) is 0 Å². The molecule has 1 aliphatic rings. The van der Waals surface area contributed by atoms with Crippen molar-refractivity contribution >= 4 is 0 Å². The molecule has 1 rings (SSSR count).